The second-order valence-electron chi connectivity index (χ2n) is 2.44. The molecule has 0 spiro atoms. The number of nitrogens with zero attached hydrogens (tertiary/aromatic N) is 1. The van der Waals surface area contributed by atoms with Crippen LogP contribution in [0.25, 0.3) is 0 Å². The first-order chi connectivity index (χ1) is 5.45. The minimum Gasteiger partial charge on any atom is -0.283 e. The third kappa shape index (κ3) is 7.31. The van der Waals surface area contributed by atoms with Gasteiger partial charge in [-0.2, -0.15) is 13.2 Å². The molecule has 1 nitrogen and oxygen atoms in total. The Kier molecular flexibility index (Phi) is 4.62. The summed E-state index contributed by atoms with van der Waals surface area (Å²) in [6.45, 7) is 2.55. The second kappa shape index (κ2) is 4.95. The zero-order chi connectivity index (χ0) is 9.61. The smallest absolute Gasteiger partial charge is 0.283 e. The van der Waals surface area contributed by atoms with Crippen LogP contribution in [0.2, 0.25) is 0 Å². The van der Waals surface area contributed by atoms with Gasteiger partial charge in [0.25, 0.3) is 0 Å². The lowest BCUT2D eigenvalue weighted by atomic mass is 10.3. The molecule has 0 N–H and O–H groups in total. The van der Waals surface area contributed by atoms with Gasteiger partial charge in [0.15, 0.2) is 0 Å². The highest BCUT2D eigenvalue weighted by molar-refractivity contribution is 5.77. The summed E-state index contributed by atoms with van der Waals surface area (Å²) in [7, 11) is 0. The molecule has 0 unspecified atom stereocenters. The number of aliphatic imine (C=N–C) groups is 1. The van der Waals surface area contributed by atoms with E-state index in [0.29, 0.717) is 0 Å². The van der Waals surface area contributed by atoms with E-state index in [1.54, 1.807) is 6.92 Å². The normalized spacial score (nSPS) is 14.2. The van der Waals surface area contributed by atoms with Crippen LogP contribution >= 0.6 is 0 Å². The van der Waals surface area contributed by atoms with Gasteiger partial charge in [0, 0.05) is 6.21 Å². The molecule has 0 aliphatic carbocycles. The standard InChI is InChI=1S/C8H12F3N/c1-3-4-7(2)5-12-6-8(9,10)11/h4-5H,3,6H2,1-2H3/b7-4-,12-5?. The molecule has 0 heterocycles. The molecule has 0 aromatic carbocycles. The van der Waals surface area contributed by atoms with Crippen molar-refractivity contribution in [3.05, 3.63) is 11.6 Å². The summed E-state index contributed by atoms with van der Waals surface area (Å²) < 4.78 is 34.7. The fourth-order valence-corrected chi connectivity index (χ4v) is 0.668. The average molecular weight is 179 g/mol. The van der Waals surface area contributed by atoms with Crippen LogP contribution in [0.1, 0.15) is 20.3 Å². The van der Waals surface area contributed by atoms with E-state index in [2.05, 4.69) is 4.99 Å². The van der Waals surface area contributed by atoms with Gasteiger partial charge in [-0.15, -0.1) is 0 Å². The number of hydrogen-bond donors (Lipinski definition) is 0. The van der Waals surface area contributed by atoms with E-state index in [-0.39, 0.29) is 0 Å². The quantitative estimate of drug-likeness (QED) is 0.590. The van der Waals surface area contributed by atoms with Crippen LogP contribution < -0.4 is 0 Å². The van der Waals surface area contributed by atoms with Crippen molar-refractivity contribution in [2.45, 2.75) is 26.4 Å². The van der Waals surface area contributed by atoms with Crippen LogP contribution in [-0.2, 0) is 0 Å². The van der Waals surface area contributed by atoms with Crippen molar-refractivity contribution in [2.24, 2.45) is 4.99 Å². The van der Waals surface area contributed by atoms with Gasteiger partial charge >= 0.3 is 6.18 Å². The molecule has 0 bridgehead atoms. The third-order valence-corrected chi connectivity index (χ3v) is 1.09. The van der Waals surface area contributed by atoms with Crippen molar-refractivity contribution in [1.82, 2.24) is 0 Å². The van der Waals surface area contributed by atoms with Crippen LogP contribution in [0, 0.1) is 0 Å². The Bertz CT molecular complexity index is 179. The molecule has 12 heavy (non-hydrogen) atoms. The van der Waals surface area contributed by atoms with E-state index in [9.17, 15) is 13.2 Å². The number of alkyl halides is 3. The van der Waals surface area contributed by atoms with Gasteiger partial charge in [-0.1, -0.05) is 13.0 Å². The Hall–Kier alpha value is -0.800. The minimum atomic E-state index is -4.19. The number of halogens is 3. The summed E-state index contributed by atoms with van der Waals surface area (Å²) in [6, 6.07) is 0. The molecule has 0 saturated heterocycles. The Morgan fingerprint density at radius 2 is 2.00 bits per heavy atom. The molecule has 4 heteroatoms. The molecule has 0 amide bonds. The van der Waals surface area contributed by atoms with Crippen molar-refractivity contribution in [2.75, 3.05) is 6.54 Å². The van der Waals surface area contributed by atoms with Crippen LogP contribution in [0.3, 0.4) is 0 Å². The maximum Gasteiger partial charge on any atom is 0.407 e. The van der Waals surface area contributed by atoms with Gasteiger partial charge in [0.05, 0.1) is 0 Å². The second-order valence-corrected chi connectivity index (χ2v) is 2.44. The van der Waals surface area contributed by atoms with E-state index >= 15 is 0 Å². The maximum atomic E-state index is 11.6. The molecule has 0 saturated carbocycles. The molecule has 0 atom stereocenters. The lowest BCUT2D eigenvalue weighted by Crippen LogP contribution is -2.11. The highest BCUT2D eigenvalue weighted by atomic mass is 19.4. The summed E-state index contributed by atoms with van der Waals surface area (Å²) in [5.74, 6) is 0. The van der Waals surface area contributed by atoms with Crippen LogP contribution in [-0.4, -0.2) is 18.9 Å². The first-order valence-electron chi connectivity index (χ1n) is 3.69. The van der Waals surface area contributed by atoms with Crippen molar-refractivity contribution < 1.29 is 13.2 Å². The molecule has 70 valence electrons. The Labute approximate surface area is 70.0 Å². The van der Waals surface area contributed by atoms with Crippen molar-refractivity contribution >= 4 is 6.21 Å². The van der Waals surface area contributed by atoms with Gasteiger partial charge in [-0.3, -0.25) is 4.99 Å². The number of allylic oxidation sites excluding steroid dienone is 2. The van der Waals surface area contributed by atoms with E-state index in [1.807, 2.05) is 13.0 Å². The van der Waals surface area contributed by atoms with Gasteiger partial charge < -0.3 is 0 Å². The van der Waals surface area contributed by atoms with E-state index in [1.165, 1.54) is 6.21 Å². The first-order valence-corrected chi connectivity index (χ1v) is 3.69. The predicted octanol–water partition coefficient (Wildman–Crippen LogP) is 2.98. The molecule has 0 aromatic rings. The van der Waals surface area contributed by atoms with E-state index < -0.39 is 12.7 Å². The van der Waals surface area contributed by atoms with Gasteiger partial charge in [-0.05, 0) is 18.9 Å². The maximum absolute atomic E-state index is 11.6. The summed E-state index contributed by atoms with van der Waals surface area (Å²) in [4.78, 5) is 3.24. The Balaban J connectivity index is 3.85. The van der Waals surface area contributed by atoms with Gasteiger partial charge in [-0.25, -0.2) is 0 Å². The first kappa shape index (κ1) is 11.2. The zero-order valence-corrected chi connectivity index (χ0v) is 7.15. The summed E-state index contributed by atoms with van der Waals surface area (Å²) in [5, 5.41) is 0. The minimum absolute atomic E-state index is 0.766. The van der Waals surface area contributed by atoms with Gasteiger partial charge in [0.2, 0.25) is 0 Å². The Morgan fingerprint density at radius 1 is 1.42 bits per heavy atom. The molecule has 0 aliphatic rings. The van der Waals surface area contributed by atoms with Crippen molar-refractivity contribution in [3.63, 3.8) is 0 Å². The molecule has 0 aromatic heterocycles. The topological polar surface area (TPSA) is 12.4 Å². The highest BCUT2D eigenvalue weighted by Crippen LogP contribution is 2.14. The Morgan fingerprint density at radius 3 is 2.42 bits per heavy atom. The average Bonchev–Trinajstić information content (AvgIpc) is 1.84. The molecule has 0 radical (unpaired) electrons. The van der Waals surface area contributed by atoms with E-state index in [0.717, 1.165) is 12.0 Å². The fraction of sp³-hybridized carbons (Fsp3) is 0.625. The zero-order valence-electron chi connectivity index (χ0n) is 7.15. The fourth-order valence-electron chi connectivity index (χ4n) is 0.668. The summed E-state index contributed by atoms with van der Waals surface area (Å²) >= 11 is 0. The molecule has 0 fully saturated rings. The van der Waals surface area contributed by atoms with Crippen molar-refractivity contribution in [1.29, 1.82) is 0 Å². The van der Waals surface area contributed by atoms with Crippen molar-refractivity contribution in [3.8, 4) is 0 Å². The molecule has 0 aliphatic heterocycles. The predicted molar refractivity (Wildman–Crippen MR) is 43.5 cm³/mol. The molecular formula is C8H12F3N. The van der Waals surface area contributed by atoms with E-state index in [4.69, 9.17) is 0 Å². The van der Waals surface area contributed by atoms with Crippen LogP contribution in [0.4, 0.5) is 13.2 Å². The lowest BCUT2D eigenvalue weighted by Gasteiger charge is -1.99. The number of hydrogen-bond acceptors (Lipinski definition) is 1. The summed E-state index contributed by atoms with van der Waals surface area (Å²) in [5.41, 5.74) is 0.766. The third-order valence-electron chi connectivity index (χ3n) is 1.09. The lowest BCUT2D eigenvalue weighted by molar-refractivity contribution is -0.118. The molecule has 0 rings (SSSR count). The molecular weight excluding hydrogens is 167 g/mol. The SMILES string of the molecule is CC/C=C(/C)C=NCC(F)(F)F. The monoisotopic (exact) mass is 179 g/mol. The highest BCUT2D eigenvalue weighted by Gasteiger charge is 2.25. The largest absolute Gasteiger partial charge is 0.407 e. The van der Waals surface area contributed by atoms with Gasteiger partial charge in [0.1, 0.15) is 6.54 Å². The van der Waals surface area contributed by atoms with Crippen LogP contribution in [0.15, 0.2) is 16.6 Å². The van der Waals surface area contributed by atoms with Crippen LogP contribution in [0.5, 0.6) is 0 Å². The summed E-state index contributed by atoms with van der Waals surface area (Å²) in [6.07, 6.45) is -0.316. The number of rotatable bonds is 3.